The summed E-state index contributed by atoms with van der Waals surface area (Å²) in [4.78, 5) is 19.4. The number of likely N-dealkylation sites (N-methyl/N-ethyl adjacent to an activating group) is 1. The molecule has 0 fully saturated rings. The number of benzene rings is 3. The summed E-state index contributed by atoms with van der Waals surface area (Å²) >= 11 is 0. The number of carbonyl (C=O) groups is 1. The number of amides is 1. The number of rotatable bonds is 6. The standard InChI is InChI=1S/C24H23N3O5S.ClH/c1-27-22(28)24(26-23(27)25,18-10-12-20(13-11-18)32-33(3,29)30)19-8-4-6-16(14-19)17-7-5-9-21(15-17)31-2;/h4-15H,1-3H3,(H2,25,26);1H. The molecule has 10 heteroatoms. The number of nitrogens with two attached hydrogens (primary N) is 1. The fourth-order valence-corrected chi connectivity index (χ4v) is 4.30. The van der Waals surface area contributed by atoms with Gasteiger partial charge in [-0.3, -0.25) is 9.69 Å². The van der Waals surface area contributed by atoms with Gasteiger partial charge >= 0.3 is 10.1 Å². The molecular formula is C24H24ClN3O5S. The summed E-state index contributed by atoms with van der Waals surface area (Å²) in [6, 6.07) is 21.3. The zero-order valence-corrected chi connectivity index (χ0v) is 20.4. The number of hydrogen-bond acceptors (Lipinski definition) is 7. The van der Waals surface area contributed by atoms with Crippen molar-refractivity contribution in [1.82, 2.24) is 4.90 Å². The largest absolute Gasteiger partial charge is 0.497 e. The molecule has 3 aromatic carbocycles. The zero-order valence-electron chi connectivity index (χ0n) is 18.8. The lowest BCUT2D eigenvalue weighted by Crippen LogP contribution is -2.41. The molecule has 2 N–H and O–H groups in total. The fourth-order valence-electron chi connectivity index (χ4n) is 3.84. The van der Waals surface area contributed by atoms with Crippen LogP contribution in [-0.2, 0) is 20.5 Å². The minimum Gasteiger partial charge on any atom is -0.497 e. The Hall–Kier alpha value is -3.56. The molecular weight excluding hydrogens is 478 g/mol. The third-order valence-corrected chi connectivity index (χ3v) is 5.94. The van der Waals surface area contributed by atoms with Crippen LogP contribution in [0.15, 0.2) is 77.8 Å². The fraction of sp³-hybridized carbons (Fsp3) is 0.167. The molecule has 0 aromatic heterocycles. The van der Waals surface area contributed by atoms with E-state index in [-0.39, 0.29) is 30.0 Å². The molecule has 34 heavy (non-hydrogen) atoms. The third kappa shape index (κ3) is 4.57. The SMILES string of the molecule is COc1cccc(-c2cccc(C3(c4ccc(OS(C)(=O)=O)cc4)N=C(N)N(C)C3=O)c2)c1.Cl. The second-order valence-corrected chi connectivity index (χ2v) is 9.24. The Morgan fingerprint density at radius 3 is 2.09 bits per heavy atom. The van der Waals surface area contributed by atoms with Gasteiger partial charge in [-0.05, 0) is 52.6 Å². The number of halogens is 1. The molecule has 1 amide bonds. The highest BCUT2D eigenvalue weighted by Gasteiger charge is 2.49. The van der Waals surface area contributed by atoms with Gasteiger partial charge in [-0.1, -0.05) is 42.5 Å². The first-order chi connectivity index (χ1) is 15.6. The Labute approximate surface area is 204 Å². The van der Waals surface area contributed by atoms with Crippen molar-refractivity contribution < 1.29 is 22.1 Å². The van der Waals surface area contributed by atoms with Gasteiger partial charge in [0.25, 0.3) is 5.91 Å². The van der Waals surface area contributed by atoms with Crippen LogP contribution in [0.3, 0.4) is 0 Å². The van der Waals surface area contributed by atoms with E-state index in [2.05, 4.69) is 4.99 Å². The average molecular weight is 502 g/mol. The van der Waals surface area contributed by atoms with E-state index in [9.17, 15) is 13.2 Å². The molecule has 3 aromatic rings. The minimum atomic E-state index is -3.68. The number of carbonyl (C=O) groups excluding carboxylic acids is 1. The van der Waals surface area contributed by atoms with Crippen LogP contribution < -0.4 is 14.7 Å². The third-order valence-electron chi connectivity index (χ3n) is 5.44. The minimum absolute atomic E-state index is 0. The zero-order chi connectivity index (χ0) is 23.8. The van der Waals surface area contributed by atoms with Crippen molar-refractivity contribution in [3.8, 4) is 22.6 Å². The molecule has 8 nitrogen and oxygen atoms in total. The molecule has 1 aliphatic rings. The maximum Gasteiger partial charge on any atom is 0.306 e. The van der Waals surface area contributed by atoms with Gasteiger partial charge in [-0.15, -0.1) is 12.4 Å². The normalized spacial score (nSPS) is 17.7. The highest BCUT2D eigenvalue weighted by atomic mass is 35.5. The van der Waals surface area contributed by atoms with Crippen molar-refractivity contribution in [1.29, 1.82) is 0 Å². The van der Waals surface area contributed by atoms with Gasteiger partial charge in [0, 0.05) is 7.05 Å². The molecule has 0 saturated heterocycles. The van der Waals surface area contributed by atoms with E-state index in [1.54, 1.807) is 26.3 Å². The van der Waals surface area contributed by atoms with Crippen LogP contribution in [0.2, 0.25) is 0 Å². The Morgan fingerprint density at radius 1 is 0.912 bits per heavy atom. The summed E-state index contributed by atoms with van der Waals surface area (Å²) in [5, 5.41) is 0. The van der Waals surface area contributed by atoms with Crippen LogP contribution in [0.5, 0.6) is 11.5 Å². The van der Waals surface area contributed by atoms with Crippen molar-refractivity contribution in [3.63, 3.8) is 0 Å². The van der Waals surface area contributed by atoms with Gasteiger partial charge in [0.2, 0.25) is 0 Å². The van der Waals surface area contributed by atoms with E-state index < -0.39 is 15.7 Å². The molecule has 1 unspecified atom stereocenters. The van der Waals surface area contributed by atoms with Crippen LogP contribution in [-0.4, -0.2) is 45.6 Å². The van der Waals surface area contributed by atoms with Crippen molar-refractivity contribution in [2.24, 2.45) is 10.7 Å². The smallest absolute Gasteiger partial charge is 0.306 e. The van der Waals surface area contributed by atoms with Gasteiger partial charge in [0.15, 0.2) is 11.5 Å². The van der Waals surface area contributed by atoms with E-state index in [4.69, 9.17) is 14.7 Å². The van der Waals surface area contributed by atoms with Crippen molar-refractivity contribution in [2.75, 3.05) is 20.4 Å². The highest BCUT2D eigenvalue weighted by Crippen LogP contribution is 2.41. The molecule has 0 saturated carbocycles. The second-order valence-electron chi connectivity index (χ2n) is 7.67. The van der Waals surface area contributed by atoms with E-state index in [0.717, 1.165) is 17.4 Å². The quantitative estimate of drug-likeness (QED) is 0.519. The molecule has 178 valence electrons. The first-order valence-electron chi connectivity index (χ1n) is 10.0. The van der Waals surface area contributed by atoms with E-state index in [1.165, 1.54) is 17.0 Å². The molecule has 0 bridgehead atoms. The van der Waals surface area contributed by atoms with Gasteiger partial charge < -0.3 is 14.7 Å². The average Bonchev–Trinajstić information content (AvgIpc) is 3.03. The Bertz CT molecular complexity index is 1360. The predicted octanol–water partition coefficient (Wildman–Crippen LogP) is 3.15. The predicted molar refractivity (Wildman–Crippen MR) is 133 cm³/mol. The first-order valence-corrected chi connectivity index (χ1v) is 11.8. The number of methoxy groups -OCH3 is 1. The van der Waals surface area contributed by atoms with Crippen LogP contribution in [0, 0.1) is 0 Å². The van der Waals surface area contributed by atoms with Crippen molar-refractivity contribution in [2.45, 2.75) is 5.54 Å². The lowest BCUT2D eigenvalue weighted by atomic mass is 9.81. The Kier molecular flexibility index (Phi) is 6.90. The van der Waals surface area contributed by atoms with Crippen molar-refractivity contribution >= 4 is 34.4 Å². The number of guanidine groups is 1. The lowest BCUT2D eigenvalue weighted by Gasteiger charge is -2.26. The number of hydrogen-bond donors (Lipinski definition) is 1. The number of ether oxygens (including phenoxy) is 1. The van der Waals surface area contributed by atoms with Gasteiger partial charge in [0.05, 0.1) is 13.4 Å². The number of nitrogens with zero attached hydrogens (tertiary/aromatic N) is 2. The van der Waals surface area contributed by atoms with Crippen LogP contribution in [0.25, 0.3) is 11.1 Å². The molecule has 0 aliphatic carbocycles. The van der Waals surface area contributed by atoms with Crippen LogP contribution in [0.1, 0.15) is 11.1 Å². The highest BCUT2D eigenvalue weighted by molar-refractivity contribution is 7.86. The molecule has 0 radical (unpaired) electrons. The van der Waals surface area contributed by atoms with E-state index in [0.29, 0.717) is 16.9 Å². The maximum atomic E-state index is 13.5. The van der Waals surface area contributed by atoms with Gasteiger partial charge in [-0.2, -0.15) is 8.42 Å². The first kappa shape index (κ1) is 25.1. The summed E-state index contributed by atoms with van der Waals surface area (Å²) in [5.74, 6) is 0.619. The summed E-state index contributed by atoms with van der Waals surface area (Å²) in [6.07, 6.45) is 0.965. The van der Waals surface area contributed by atoms with Gasteiger partial charge in [0.1, 0.15) is 11.5 Å². The number of aliphatic imine (C=N–C) groups is 1. The molecule has 1 aliphatic heterocycles. The van der Waals surface area contributed by atoms with Crippen molar-refractivity contribution in [3.05, 3.63) is 83.9 Å². The lowest BCUT2D eigenvalue weighted by molar-refractivity contribution is -0.129. The molecule has 1 heterocycles. The molecule has 4 rings (SSSR count). The molecule has 1 atom stereocenters. The molecule has 0 spiro atoms. The second kappa shape index (κ2) is 9.36. The Balaban J connectivity index is 0.00000324. The van der Waals surface area contributed by atoms with Crippen LogP contribution >= 0.6 is 12.4 Å². The van der Waals surface area contributed by atoms with E-state index in [1.807, 2.05) is 48.5 Å². The summed E-state index contributed by atoms with van der Waals surface area (Å²) in [6.45, 7) is 0. The summed E-state index contributed by atoms with van der Waals surface area (Å²) in [7, 11) is -0.511. The Morgan fingerprint density at radius 2 is 1.53 bits per heavy atom. The topological polar surface area (TPSA) is 111 Å². The van der Waals surface area contributed by atoms with E-state index >= 15 is 0 Å². The maximum absolute atomic E-state index is 13.5. The monoisotopic (exact) mass is 501 g/mol. The van der Waals surface area contributed by atoms with Crippen LogP contribution in [0.4, 0.5) is 0 Å². The summed E-state index contributed by atoms with van der Waals surface area (Å²) in [5.41, 5.74) is 7.58. The summed E-state index contributed by atoms with van der Waals surface area (Å²) < 4.78 is 33.2. The van der Waals surface area contributed by atoms with Gasteiger partial charge in [-0.25, -0.2) is 4.99 Å².